The molecule has 4 rings (SSSR count). The lowest BCUT2D eigenvalue weighted by Gasteiger charge is -1.98. The van der Waals surface area contributed by atoms with Crippen molar-refractivity contribution in [3.05, 3.63) is 132 Å². The van der Waals surface area contributed by atoms with Gasteiger partial charge in [-0.15, -0.1) is 0 Å². The van der Waals surface area contributed by atoms with Gasteiger partial charge in [0.25, 0.3) is 0 Å². The van der Waals surface area contributed by atoms with Crippen molar-refractivity contribution < 1.29 is 19.8 Å². The fourth-order valence-corrected chi connectivity index (χ4v) is 2.41. The van der Waals surface area contributed by atoms with Crippen LogP contribution in [0.25, 0.3) is 11.1 Å². The minimum absolute atomic E-state index is 0.220. The second-order valence-corrected chi connectivity index (χ2v) is 6.04. The Morgan fingerprint density at radius 2 is 0.633 bits per heavy atom. The molecule has 4 nitrogen and oxygen atoms in total. The van der Waals surface area contributed by atoms with Gasteiger partial charge in [0.05, 0.1) is 11.9 Å². The van der Waals surface area contributed by atoms with Gasteiger partial charge in [-0.2, -0.15) is 0 Å². The van der Waals surface area contributed by atoms with E-state index < -0.39 is 11.9 Å². The third kappa shape index (κ3) is 7.82. The van der Waals surface area contributed by atoms with Gasteiger partial charge in [-0.25, -0.2) is 0 Å². The van der Waals surface area contributed by atoms with Gasteiger partial charge in [-0.3, -0.25) is 0 Å². The van der Waals surface area contributed by atoms with Gasteiger partial charge in [0.1, 0.15) is 0 Å². The minimum atomic E-state index is -1.13. The molecule has 0 fully saturated rings. The lowest BCUT2D eigenvalue weighted by molar-refractivity contribution is -0.256. The van der Waals surface area contributed by atoms with Crippen LogP contribution in [0.5, 0.6) is 0 Å². The Hall–Kier alpha value is -4.18. The van der Waals surface area contributed by atoms with Crippen molar-refractivity contribution in [2.75, 3.05) is 0 Å². The quantitative estimate of drug-likeness (QED) is 0.531. The van der Waals surface area contributed by atoms with Crippen molar-refractivity contribution in [1.82, 2.24) is 0 Å². The molecular weight excluding hydrogens is 376 g/mol. The first-order valence-corrected chi connectivity index (χ1v) is 9.21. The van der Waals surface area contributed by atoms with Crippen molar-refractivity contribution in [1.29, 1.82) is 0 Å². The lowest BCUT2D eigenvalue weighted by atomic mass is 10.1. The molecule has 150 valence electrons. The number of hydrogen-bond donors (Lipinski definition) is 0. The molecule has 0 unspecified atom stereocenters. The largest absolute Gasteiger partial charge is 0.545 e. The molecule has 0 aliphatic heterocycles. The molecule has 0 heterocycles. The van der Waals surface area contributed by atoms with Crippen LogP contribution in [0, 0.1) is 0 Å². The number of benzene rings is 4. The van der Waals surface area contributed by atoms with Crippen LogP contribution < -0.4 is 10.2 Å². The zero-order valence-corrected chi connectivity index (χ0v) is 16.2. The maximum atomic E-state index is 10.1. The molecule has 0 aliphatic carbocycles. The SMILES string of the molecule is O=C([O-])c1ccccc1.O=C([O-])c1ccccc1.c1ccc(-c2ccccc2)cc1. The van der Waals surface area contributed by atoms with Gasteiger partial charge < -0.3 is 19.8 Å². The van der Waals surface area contributed by atoms with E-state index in [-0.39, 0.29) is 11.1 Å². The molecular formula is C26H20O4-2. The highest BCUT2D eigenvalue weighted by atomic mass is 16.4. The number of carboxylic acid groups (broad SMARTS) is 2. The summed E-state index contributed by atoms with van der Waals surface area (Å²) in [6.07, 6.45) is 0. The van der Waals surface area contributed by atoms with Gasteiger partial charge in [-0.05, 0) is 22.3 Å². The normalized spacial score (nSPS) is 9.20. The van der Waals surface area contributed by atoms with Crippen molar-refractivity contribution in [2.24, 2.45) is 0 Å². The average Bonchev–Trinajstić information content (AvgIpc) is 2.82. The van der Waals surface area contributed by atoms with E-state index in [2.05, 4.69) is 48.5 Å². The minimum Gasteiger partial charge on any atom is -0.545 e. The topological polar surface area (TPSA) is 80.3 Å². The number of rotatable bonds is 3. The number of aromatic carboxylic acids is 2. The summed E-state index contributed by atoms with van der Waals surface area (Å²) in [7, 11) is 0. The van der Waals surface area contributed by atoms with Crippen LogP contribution in [0.15, 0.2) is 121 Å². The summed E-state index contributed by atoms with van der Waals surface area (Å²) in [6, 6.07) is 36.9. The fourth-order valence-electron chi connectivity index (χ4n) is 2.41. The second kappa shape index (κ2) is 12.3. The van der Waals surface area contributed by atoms with E-state index in [0.717, 1.165) is 0 Å². The van der Waals surface area contributed by atoms with Gasteiger partial charge in [-0.1, -0.05) is 121 Å². The van der Waals surface area contributed by atoms with Gasteiger partial charge in [0, 0.05) is 0 Å². The van der Waals surface area contributed by atoms with E-state index in [1.165, 1.54) is 35.4 Å². The van der Waals surface area contributed by atoms with Crippen LogP contribution in [0.4, 0.5) is 0 Å². The standard InChI is InChI=1S/C12H10.2C7H6O2/c1-3-7-11(8-4-1)12-9-5-2-6-10-12;2*8-7(9)6-4-2-1-3-5-6/h1-10H;2*1-5H,(H,8,9)/p-2. The molecule has 30 heavy (non-hydrogen) atoms. The van der Waals surface area contributed by atoms with E-state index in [9.17, 15) is 19.8 Å². The summed E-state index contributed by atoms with van der Waals surface area (Å²) in [4.78, 5) is 20.2. The van der Waals surface area contributed by atoms with Crippen molar-refractivity contribution in [3.63, 3.8) is 0 Å². The Kier molecular flexibility index (Phi) is 9.08. The highest BCUT2D eigenvalue weighted by molar-refractivity contribution is 5.85. The molecule has 0 aromatic heterocycles. The molecule has 4 heteroatoms. The average molecular weight is 396 g/mol. The van der Waals surface area contributed by atoms with Crippen LogP contribution >= 0.6 is 0 Å². The summed E-state index contributed by atoms with van der Waals surface area (Å²) >= 11 is 0. The molecule has 0 saturated heterocycles. The first kappa shape index (κ1) is 22.1. The van der Waals surface area contributed by atoms with Gasteiger partial charge >= 0.3 is 0 Å². The van der Waals surface area contributed by atoms with E-state index in [4.69, 9.17) is 0 Å². The molecule has 0 spiro atoms. The third-order valence-corrected chi connectivity index (χ3v) is 3.90. The lowest BCUT2D eigenvalue weighted by Crippen LogP contribution is -2.21. The third-order valence-electron chi connectivity index (χ3n) is 3.90. The number of hydrogen-bond acceptors (Lipinski definition) is 4. The Balaban J connectivity index is 0.000000163. The Labute approximate surface area is 175 Å². The summed E-state index contributed by atoms with van der Waals surface area (Å²) in [6.45, 7) is 0. The molecule has 4 aromatic carbocycles. The van der Waals surface area contributed by atoms with Gasteiger partial charge in [0.15, 0.2) is 0 Å². The van der Waals surface area contributed by atoms with Crippen molar-refractivity contribution in [3.8, 4) is 11.1 Å². The second-order valence-electron chi connectivity index (χ2n) is 6.04. The molecule has 0 atom stereocenters. The number of carbonyl (C=O) groups excluding carboxylic acids is 2. The monoisotopic (exact) mass is 396 g/mol. The zero-order valence-electron chi connectivity index (χ0n) is 16.2. The van der Waals surface area contributed by atoms with Crippen LogP contribution in [-0.2, 0) is 0 Å². The molecule has 0 amide bonds. The smallest absolute Gasteiger partial charge is 0.0715 e. The Morgan fingerprint density at radius 1 is 0.400 bits per heavy atom. The molecule has 0 bridgehead atoms. The molecule has 0 radical (unpaired) electrons. The fraction of sp³-hybridized carbons (Fsp3) is 0. The molecule has 4 aromatic rings. The first-order valence-electron chi connectivity index (χ1n) is 9.21. The van der Waals surface area contributed by atoms with Crippen LogP contribution in [-0.4, -0.2) is 11.9 Å². The Bertz CT molecular complexity index is 929. The highest BCUT2D eigenvalue weighted by Crippen LogP contribution is 2.17. The predicted octanol–water partition coefficient (Wildman–Crippen LogP) is 3.45. The maximum absolute atomic E-state index is 10.1. The molecule has 0 N–H and O–H groups in total. The highest BCUT2D eigenvalue weighted by Gasteiger charge is 1.92. The van der Waals surface area contributed by atoms with Gasteiger partial charge in [0.2, 0.25) is 0 Å². The predicted molar refractivity (Wildman–Crippen MR) is 113 cm³/mol. The molecule has 0 aliphatic rings. The van der Waals surface area contributed by atoms with Crippen molar-refractivity contribution in [2.45, 2.75) is 0 Å². The summed E-state index contributed by atoms with van der Waals surface area (Å²) in [5.74, 6) is -2.26. The summed E-state index contributed by atoms with van der Waals surface area (Å²) < 4.78 is 0. The van der Waals surface area contributed by atoms with E-state index in [1.54, 1.807) is 36.4 Å². The van der Waals surface area contributed by atoms with Crippen LogP contribution in [0.3, 0.4) is 0 Å². The van der Waals surface area contributed by atoms with Crippen LogP contribution in [0.2, 0.25) is 0 Å². The van der Waals surface area contributed by atoms with E-state index in [1.807, 2.05) is 12.1 Å². The summed E-state index contributed by atoms with van der Waals surface area (Å²) in [5.41, 5.74) is 2.99. The number of carbonyl (C=O) groups is 2. The first-order chi connectivity index (χ1) is 14.6. The number of carboxylic acids is 2. The maximum Gasteiger partial charge on any atom is 0.0715 e. The molecule has 0 saturated carbocycles. The van der Waals surface area contributed by atoms with E-state index >= 15 is 0 Å². The Morgan fingerprint density at radius 3 is 0.833 bits per heavy atom. The summed E-state index contributed by atoms with van der Waals surface area (Å²) in [5, 5.41) is 20.2. The zero-order chi connectivity index (χ0) is 21.6. The van der Waals surface area contributed by atoms with Crippen molar-refractivity contribution >= 4 is 11.9 Å². The van der Waals surface area contributed by atoms with E-state index in [0.29, 0.717) is 0 Å². The van der Waals surface area contributed by atoms with Crippen LogP contribution in [0.1, 0.15) is 20.7 Å².